The number of aliphatic hydroxyl groups is 1. The van der Waals surface area contributed by atoms with Gasteiger partial charge in [-0.25, -0.2) is 58.7 Å². The monoisotopic (exact) mass is 2610 g/mol. The first-order valence-corrected chi connectivity index (χ1v) is 65.5. The van der Waals surface area contributed by atoms with Crippen LogP contribution in [0, 0.1) is 10.3 Å². The minimum absolute atomic E-state index is 0. The molecule has 1 saturated heterocycles. The number of ether oxygens (including phenoxy) is 10. The Hall–Kier alpha value is -9.16. The number of thiol groups is 1. The zero-order chi connectivity index (χ0) is 110. The molecular weight excluding hydrogens is 2500 g/mol. The van der Waals surface area contributed by atoms with Gasteiger partial charge in [-0.2, -0.15) is 0 Å². The Morgan fingerprint density at radius 2 is 0.927 bits per heavy atom. The zero-order valence-corrected chi connectivity index (χ0v) is 102. The number of para-hydroxylation sites is 4. The van der Waals surface area contributed by atoms with E-state index in [4.69, 9.17) is 47.6 Å². The Labute approximate surface area is 950 Å². The minimum atomic E-state index is -1.44. The first-order valence-electron chi connectivity index (χ1n) is 44.0. The molecule has 38 nitrogen and oxygen atoms in total. The van der Waals surface area contributed by atoms with Gasteiger partial charge in [-0.05, 0) is 140 Å². The number of thiazole rings is 6. The number of benzene rings is 4. The summed E-state index contributed by atoms with van der Waals surface area (Å²) in [6, 6.07) is 34.4. The van der Waals surface area contributed by atoms with Gasteiger partial charge >= 0.3 is 83.1 Å². The molecule has 55 heteroatoms. The van der Waals surface area contributed by atoms with Crippen LogP contribution in [0.1, 0.15) is 169 Å². The summed E-state index contributed by atoms with van der Waals surface area (Å²) in [5, 5.41) is 20.0. The molecule has 15 rings (SSSR count). The molecule has 0 aliphatic carbocycles. The van der Waals surface area contributed by atoms with Gasteiger partial charge in [0.1, 0.15) is 56.8 Å². The Morgan fingerprint density at radius 1 is 0.533 bits per heavy atom. The molecule has 14 aromatic rings. The number of nitrogens with two attached hydrogens (primary N) is 2. The van der Waals surface area contributed by atoms with E-state index < -0.39 is 81.0 Å². The average molecular weight is 2620 g/mol. The van der Waals surface area contributed by atoms with Crippen LogP contribution in [0.2, 0.25) is 77.1 Å². The van der Waals surface area contributed by atoms with E-state index in [0.29, 0.717) is 84.4 Å². The number of aromatic nitrogens is 10. The van der Waals surface area contributed by atoms with Gasteiger partial charge in [-0.3, -0.25) is 14.4 Å². The Kier molecular flexibility index (Phi) is 61.3. The van der Waals surface area contributed by atoms with E-state index in [-0.39, 0.29) is 70.3 Å². The van der Waals surface area contributed by atoms with Gasteiger partial charge in [0.05, 0.1) is 75.8 Å². The fraction of sp³-hybridized carbons (Fsp3) is 0.379. The number of nitrogens with zero attached hydrogens (tertiary/aromatic N) is 11. The number of hydrogen-bond donors (Lipinski definition) is 5. The molecular formula is C95H121BBr5MnN14O24S7Si3. The number of carbonyl (C=O) groups is 9. The maximum atomic E-state index is 13.1. The van der Waals surface area contributed by atoms with Crippen LogP contribution < -0.4 is 11.5 Å². The quantitative estimate of drug-likeness (QED) is 0.00321. The molecule has 1 fully saturated rings. The van der Waals surface area contributed by atoms with Crippen LogP contribution in [-0.2, 0) is 94.9 Å². The normalized spacial score (nSPS) is 11.3. The molecule has 10 aromatic heterocycles. The molecule has 6 N–H and O–H groups in total. The molecule has 1 aliphatic heterocycles. The standard InChI is InChI=1S/C20H25BrN2O4SSi.C20H23BrN2O4SSi.C15H21NO2Si.C14H9BrN2O3S.C5H5BrN2O2S.C5H4BrNO2S.C5H6N2O2S.C5H11NO2.C4H8O.2CH4.BHNS.Mn.2O/c2*1-26-20(25)16-18(21)28-19(22-16)17(24)14-11-23(12-27-9-10-29(2,3)4)15-8-6-5-7-13(14)15;1-19(2,3)9-8-18-12-16-10-13(11-17)14-6-4-5-7-15(14)16;1-20-14(19)10-12(15)21-13(17-10)11(18)8-6-16-9-5-3-2-4-7(8)9;1-10-4(9)2-3(6)11-5(7)8-2;1-9-5(8)3-4(6)10-2-7-3;1-9-4(8)3-2-10-5(6)7-3;1-5(2,3)4-8-6-7;1-2-4-5-3-1;;;1-2-3;;;/h5-8,11,17,24H,9-10,12H2,1-4H3;5-8,11H,9-10,12H2,1-4H3;4-7,10-11H,8-9,12H2,1-3H3;2-6,16H,1H3;1H3,(H2,7,8);2H,1H3;2H,1H3,(H2,6,7);4H2,1-3H3;1-4H2;2*1H4;3H;;;. The topological polar surface area (TPSA) is 511 Å². The zero-order valence-electron chi connectivity index (χ0n) is 83.9. The van der Waals surface area contributed by atoms with Crippen molar-refractivity contribution < 1.29 is 123 Å². The number of methoxy groups -OCH3 is 6. The van der Waals surface area contributed by atoms with Gasteiger partial charge in [-0.15, -0.1) is 61.6 Å². The molecule has 1 aliphatic rings. The van der Waals surface area contributed by atoms with Gasteiger partial charge in [0.2, 0.25) is 11.6 Å². The van der Waals surface area contributed by atoms with E-state index in [0.717, 1.165) is 128 Å². The van der Waals surface area contributed by atoms with Crippen LogP contribution in [0.4, 0.5) is 10.3 Å². The fourth-order valence-electron chi connectivity index (χ4n) is 12.0. The second-order valence-electron chi connectivity index (χ2n) is 35.2. The van der Waals surface area contributed by atoms with Gasteiger partial charge in [-0.1, -0.05) is 179 Å². The number of ketones is 2. The van der Waals surface area contributed by atoms with Crippen molar-refractivity contribution in [2.75, 3.05) is 93.8 Å². The van der Waals surface area contributed by atoms with E-state index in [1.165, 1.54) is 101 Å². The number of nitrogens with one attached hydrogen (secondary N) is 1. The molecule has 1 radical (unpaired) electrons. The average Bonchev–Trinajstić information content (AvgIpc) is 1.63. The number of hydrogen-bond acceptors (Lipinski definition) is 41. The first-order chi connectivity index (χ1) is 70.1. The van der Waals surface area contributed by atoms with Crippen molar-refractivity contribution >= 4 is 300 Å². The predicted octanol–water partition coefficient (Wildman–Crippen LogP) is 24.6. The summed E-state index contributed by atoms with van der Waals surface area (Å²) in [7, 11) is 8.78. The number of halogens is 5. The molecule has 0 bridgehead atoms. The van der Waals surface area contributed by atoms with Gasteiger partial charge in [0, 0.05) is 126 Å². The number of nitrogen functional groups attached to an aromatic ring is 2. The second-order valence-corrected chi connectivity index (χ2v) is 64.9. The summed E-state index contributed by atoms with van der Waals surface area (Å²) < 4.78 is 78.1. The van der Waals surface area contributed by atoms with Crippen LogP contribution in [0.5, 0.6) is 0 Å². The number of rotatable bonds is 30. The van der Waals surface area contributed by atoms with Gasteiger partial charge < -0.3 is 87.5 Å². The van der Waals surface area contributed by atoms with Crippen molar-refractivity contribution in [3.8, 4) is 0 Å². The summed E-state index contributed by atoms with van der Waals surface area (Å²) in [6.07, 6.45) is 9.72. The molecule has 0 amide bonds. The SMILES string of the molecule is C.C.C1CCOC1.CC(C)(C)CON=O.COC(=O)c1csc(N)n1.COC(=O)c1nc(C(=O)c2c[nH]c3ccccc23)sc1Br.COC(=O)c1nc(C(=O)c2cn(COCC[Si](C)(C)C)c3ccccc23)sc1Br.COC(=O)c1nc(C(O)c2cn(COCC[Si](C)(C)C)c3ccccc23)sc1Br.COC(=O)c1nc(N)sc1Br.COC(=O)c1ncsc1Br.C[Si](C)(C)CCOCn1cc(C=O)c2ccccc21.[B]=NS.[O]=[Mn]=[O]. The summed E-state index contributed by atoms with van der Waals surface area (Å²) in [5.41, 5.74) is 19.8. The third kappa shape index (κ3) is 44.7. The molecule has 1 atom stereocenters. The number of aliphatic hydroxyl groups excluding tert-OH is 1. The van der Waals surface area contributed by atoms with Crippen molar-refractivity contribution in [1.29, 1.82) is 0 Å². The van der Waals surface area contributed by atoms with E-state index >= 15 is 0 Å². The van der Waals surface area contributed by atoms with Gasteiger partial charge in [0.25, 0.3) is 0 Å². The summed E-state index contributed by atoms with van der Waals surface area (Å²) in [6.45, 7) is 32.8. The number of H-pyrrole nitrogens is 1. The van der Waals surface area contributed by atoms with Crippen LogP contribution in [0.3, 0.4) is 0 Å². The summed E-state index contributed by atoms with van der Waals surface area (Å²) in [5.74, 6) is -3.49. The van der Waals surface area contributed by atoms with Gasteiger partial charge in [0.15, 0.2) is 66.1 Å². The predicted molar refractivity (Wildman–Crippen MR) is 614 cm³/mol. The van der Waals surface area contributed by atoms with E-state index in [9.17, 15) is 53.2 Å². The van der Waals surface area contributed by atoms with Crippen molar-refractivity contribution in [3.63, 3.8) is 0 Å². The van der Waals surface area contributed by atoms with E-state index in [1.54, 1.807) is 23.3 Å². The van der Waals surface area contributed by atoms with Crippen molar-refractivity contribution in [2.24, 2.45) is 15.1 Å². The fourth-order valence-corrected chi connectivity index (χ4v) is 21.5. The summed E-state index contributed by atoms with van der Waals surface area (Å²) >= 11 is 25.1. The number of carbonyl (C=O) groups excluding carboxylic acids is 9. The molecule has 814 valence electrons. The number of fused-ring (bicyclic) bond motifs is 4. The van der Waals surface area contributed by atoms with Crippen LogP contribution in [-0.4, -0.2) is 222 Å². The number of anilines is 2. The van der Waals surface area contributed by atoms with Crippen molar-refractivity contribution in [3.05, 3.63) is 228 Å². The number of aromatic amines is 1. The Morgan fingerprint density at radius 3 is 1.33 bits per heavy atom. The third-order valence-corrected chi connectivity index (χ3v) is 33.4. The molecule has 11 heterocycles. The van der Waals surface area contributed by atoms with E-state index in [2.05, 4.69) is 227 Å². The Balaban J connectivity index is 0.000000447. The number of aldehydes is 1. The number of esters is 6. The molecule has 150 heavy (non-hydrogen) atoms. The van der Waals surface area contributed by atoms with E-state index in [1.807, 2.05) is 144 Å². The maximum absolute atomic E-state index is 13.1. The van der Waals surface area contributed by atoms with Crippen molar-refractivity contribution in [2.45, 2.75) is 152 Å². The van der Waals surface area contributed by atoms with Crippen LogP contribution in [0.15, 0.2) is 161 Å². The molecule has 0 spiro atoms. The van der Waals surface area contributed by atoms with Crippen molar-refractivity contribution in [1.82, 2.24) is 48.6 Å². The Bertz CT molecular complexity index is 6750. The third-order valence-electron chi connectivity index (χ3n) is 19.3. The molecule has 1 unspecified atom stereocenters. The second kappa shape index (κ2) is 68.2. The summed E-state index contributed by atoms with van der Waals surface area (Å²) in [4.78, 5) is 145. The van der Waals surface area contributed by atoms with Crippen LogP contribution >= 0.6 is 160 Å². The molecule has 4 aromatic carbocycles. The van der Waals surface area contributed by atoms with Crippen LogP contribution in [0.25, 0.3) is 43.6 Å². The first kappa shape index (κ1) is 135. The molecule has 0 saturated carbocycles.